The van der Waals surface area contributed by atoms with Crippen molar-refractivity contribution in [3.05, 3.63) is 65.5 Å². The third kappa shape index (κ3) is 2.81. The number of rotatable bonds is 3. The Bertz CT molecular complexity index is 639. The molecule has 3 rings (SSSR count). The summed E-state index contributed by atoms with van der Waals surface area (Å²) in [5.74, 6) is 0.294. The maximum atomic E-state index is 13.1. The average molecular weight is 301 g/mol. The quantitative estimate of drug-likeness (QED) is 0.848. The Hall–Kier alpha value is -1.81. The van der Waals surface area contributed by atoms with Crippen LogP contribution in [-0.4, -0.2) is 11.7 Å². The molecule has 0 aliphatic carbocycles. The Balaban J connectivity index is 1.93. The molecule has 1 amide bonds. The molecule has 21 heavy (non-hydrogen) atoms. The highest BCUT2D eigenvalue weighted by Crippen LogP contribution is 2.41. The first kappa shape index (κ1) is 14.1. The lowest BCUT2D eigenvalue weighted by atomic mass is 10.1. The molecule has 2 aromatic rings. The van der Waals surface area contributed by atoms with Crippen molar-refractivity contribution in [3.63, 3.8) is 0 Å². The van der Waals surface area contributed by atoms with Crippen molar-refractivity contribution in [3.8, 4) is 0 Å². The first-order valence-electron chi connectivity index (χ1n) is 6.97. The third-order valence-electron chi connectivity index (χ3n) is 3.65. The monoisotopic (exact) mass is 301 g/mol. The van der Waals surface area contributed by atoms with Crippen molar-refractivity contribution >= 4 is 23.4 Å². The van der Waals surface area contributed by atoms with Crippen LogP contribution in [0.4, 0.5) is 10.1 Å². The number of thioether (sulfide) groups is 1. The first-order valence-corrected chi connectivity index (χ1v) is 8.02. The zero-order valence-electron chi connectivity index (χ0n) is 11.8. The first-order chi connectivity index (χ1) is 10.2. The summed E-state index contributed by atoms with van der Waals surface area (Å²) in [7, 11) is 0. The Morgan fingerprint density at radius 1 is 1.14 bits per heavy atom. The van der Waals surface area contributed by atoms with Gasteiger partial charge in [0.25, 0.3) is 0 Å². The van der Waals surface area contributed by atoms with Crippen molar-refractivity contribution in [2.45, 2.75) is 18.7 Å². The summed E-state index contributed by atoms with van der Waals surface area (Å²) in [6.45, 7) is 2.10. The molecule has 1 saturated heterocycles. The molecule has 2 aromatic carbocycles. The Labute approximate surface area is 128 Å². The summed E-state index contributed by atoms with van der Waals surface area (Å²) >= 11 is 1.58. The van der Waals surface area contributed by atoms with Gasteiger partial charge in [-0.3, -0.25) is 9.69 Å². The highest BCUT2D eigenvalue weighted by atomic mass is 32.2. The number of carbonyl (C=O) groups is 1. The minimum absolute atomic E-state index is 0.0782. The Morgan fingerprint density at radius 3 is 2.43 bits per heavy atom. The van der Waals surface area contributed by atoms with Crippen LogP contribution in [0.15, 0.2) is 48.5 Å². The molecule has 1 unspecified atom stereocenters. The maximum Gasteiger partial charge on any atom is 0.238 e. The molecular formula is C17H16FNOS. The van der Waals surface area contributed by atoms with Crippen LogP contribution >= 0.6 is 11.8 Å². The minimum atomic E-state index is -0.257. The van der Waals surface area contributed by atoms with E-state index in [9.17, 15) is 9.18 Å². The summed E-state index contributed by atoms with van der Waals surface area (Å²) in [5.41, 5.74) is 3.10. The number of benzene rings is 2. The largest absolute Gasteiger partial charge is 0.295 e. The molecule has 0 bridgehead atoms. The molecule has 0 aromatic heterocycles. The van der Waals surface area contributed by atoms with E-state index in [1.807, 2.05) is 24.3 Å². The molecule has 4 heteroatoms. The number of hydrogen-bond acceptors (Lipinski definition) is 2. The summed E-state index contributed by atoms with van der Waals surface area (Å²) in [5, 5.41) is -0.0782. The van der Waals surface area contributed by atoms with Crippen molar-refractivity contribution in [1.29, 1.82) is 0 Å². The van der Waals surface area contributed by atoms with Crippen molar-refractivity contribution < 1.29 is 9.18 Å². The van der Waals surface area contributed by atoms with Gasteiger partial charge in [0.05, 0.1) is 5.75 Å². The number of nitrogens with zero attached hydrogens (tertiary/aromatic N) is 1. The SMILES string of the molecule is CCc1ccc(N2C(=O)CSC2c2ccc(F)cc2)cc1. The van der Waals surface area contributed by atoms with Crippen LogP contribution in [0.3, 0.4) is 0 Å². The molecule has 0 saturated carbocycles. The second-order valence-corrected chi connectivity index (χ2v) is 6.07. The van der Waals surface area contributed by atoms with E-state index in [2.05, 4.69) is 6.92 Å². The van der Waals surface area contributed by atoms with E-state index in [1.54, 1.807) is 28.8 Å². The van der Waals surface area contributed by atoms with Crippen molar-refractivity contribution in [1.82, 2.24) is 0 Å². The van der Waals surface area contributed by atoms with Gasteiger partial charge in [0.15, 0.2) is 0 Å². The molecule has 1 aliphatic heterocycles. The van der Waals surface area contributed by atoms with Crippen LogP contribution in [0.25, 0.3) is 0 Å². The van der Waals surface area contributed by atoms with E-state index < -0.39 is 0 Å². The third-order valence-corrected chi connectivity index (χ3v) is 4.86. The van der Waals surface area contributed by atoms with Gasteiger partial charge in [-0.1, -0.05) is 31.2 Å². The lowest BCUT2D eigenvalue weighted by Gasteiger charge is -2.24. The van der Waals surface area contributed by atoms with E-state index in [4.69, 9.17) is 0 Å². The zero-order valence-corrected chi connectivity index (χ0v) is 12.6. The van der Waals surface area contributed by atoms with Crippen LogP contribution < -0.4 is 4.90 Å². The lowest BCUT2D eigenvalue weighted by molar-refractivity contribution is -0.115. The fourth-order valence-corrected chi connectivity index (χ4v) is 3.65. The Morgan fingerprint density at radius 2 is 1.81 bits per heavy atom. The topological polar surface area (TPSA) is 20.3 Å². The van der Waals surface area contributed by atoms with Gasteiger partial charge in [-0.2, -0.15) is 0 Å². The van der Waals surface area contributed by atoms with E-state index in [-0.39, 0.29) is 17.1 Å². The molecule has 2 nitrogen and oxygen atoms in total. The summed E-state index contributed by atoms with van der Waals surface area (Å²) in [4.78, 5) is 14.0. The predicted octanol–water partition coefficient (Wildman–Crippen LogP) is 4.17. The number of anilines is 1. The van der Waals surface area contributed by atoms with Crippen LogP contribution in [0.5, 0.6) is 0 Å². The summed E-state index contributed by atoms with van der Waals surface area (Å²) in [6.07, 6.45) is 0.977. The van der Waals surface area contributed by atoms with Gasteiger partial charge in [0.1, 0.15) is 11.2 Å². The minimum Gasteiger partial charge on any atom is -0.295 e. The summed E-state index contributed by atoms with van der Waals surface area (Å²) in [6, 6.07) is 14.4. The molecule has 0 N–H and O–H groups in total. The highest BCUT2D eigenvalue weighted by Gasteiger charge is 2.33. The van der Waals surface area contributed by atoms with Gasteiger partial charge >= 0.3 is 0 Å². The van der Waals surface area contributed by atoms with E-state index >= 15 is 0 Å². The number of hydrogen-bond donors (Lipinski definition) is 0. The van der Waals surface area contributed by atoms with Crippen LogP contribution in [0.1, 0.15) is 23.4 Å². The van der Waals surface area contributed by atoms with E-state index in [1.165, 1.54) is 17.7 Å². The fourth-order valence-electron chi connectivity index (χ4n) is 2.47. The van der Waals surface area contributed by atoms with Crippen LogP contribution in [-0.2, 0) is 11.2 Å². The Kier molecular flexibility index (Phi) is 3.97. The van der Waals surface area contributed by atoms with Gasteiger partial charge < -0.3 is 0 Å². The fraction of sp³-hybridized carbons (Fsp3) is 0.235. The van der Waals surface area contributed by atoms with Crippen LogP contribution in [0.2, 0.25) is 0 Å². The van der Waals surface area contributed by atoms with E-state index in [0.717, 1.165) is 17.7 Å². The average Bonchev–Trinajstić information content (AvgIpc) is 2.90. The maximum absolute atomic E-state index is 13.1. The molecule has 1 heterocycles. The highest BCUT2D eigenvalue weighted by molar-refractivity contribution is 8.00. The van der Waals surface area contributed by atoms with Gasteiger partial charge in [0.2, 0.25) is 5.91 Å². The molecule has 0 radical (unpaired) electrons. The van der Waals surface area contributed by atoms with Gasteiger partial charge in [-0.05, 0) is 41.8 Å². The second kappa shape index (κ2) is 5.90. The number of halogens is 1. The van der Waals surface area contributed by atoms with Gasteiger partial charge in [-0.15, -0.1) is 11.8 Å². The lowest BCUT2D eigenvalue weighted by Crippen LogP contribution is -2.27. The molecular weight excluding hydrogens is 285 g/mol. The normalized spacial score (nSPS) is 18.3. The standard InChI is InChI=1S/C17H16FNOS/c1-2-12-3-9-15(10-4-12)19-16(20)11-21-17(19)13-5-7-14(18)8-6-13/h3-10,17H,2,11H2,1H3. The van der Waals surface area contributed by atoms with Crippen molar-refractivity contribution in [2.24, 2.45) is 0 Å². The number of amides is 1. The van der Waals surface area contributed by atoms with E-state index in [0.29, 0.717) is 5.75 Å². The molecule has 1 fully saturated rings. The van der Waals surface area contributed by atoms with Crippen LogP contribution in [0, 0.1) is 5.82 Å². The number of carbonyl (C=O) groups excluding carboxylic acids is 1. The van der Waals surface area contributed by atoms with Gasteiger partial charge in [-0.25, -0.2) is 4.39 Å². The number of aryl methyl sites for hydroxylation is 1. The predicted molar refractivity (Wildman–Crippen MR) is 84.9 cm³/mol. The van der Waals surface area contributed by atoms with Gasteiger partial charge in [0, 0.05) is 5.69 Å². The zero-order chi connectivity index (χ0) is 14.8. The smallest absolute Gasteiger partial charge is 0.238 e. The molecule has 0 spiro atoms. The molecule has 1 atom stereocenters. The molecule has 108 valence electrons. The summed E-state index contributed by atoms with van der Waals surface area (Å²) < 4.78 is 13.1. The second-order valence-electron chi connectivity index (χ2n) is 5.00. The van der Waals surface area contributed by atoms with Crippen molar-refractivity contribution in [2.75, 3.05) is 10.7 Å². The molecule has 1 aliphatic rings.